The van der Waals surface area contributed by atoms with Gasteiger partial charge in [0.2, 0.25) is 0 Å². The lowest BCUT2D eigenvalue weighted by molar-refractivity contribution is 0.305. The largest absolute Gasteiger partial charge is 0.504 e. The van der Waals surface area contributed by atoms with Gasteiger partial charge in [-0.1, -0.05) is 19.1 Å². The molecule has 1 aromatic rings. The summed E-state index contributed by atoms with van der Waals surface area (Å²) in [5, 5.41) is 9.70. The number of rotatable bonds is 3. The summed E-state index contributed by atoms with van der Waals surface area (Å²) in [5.74, 6) is 1.29. The molecule has 17 heavy (non-hydrogen) atoms. The van der Waals surface area contributed by atoms with E-state index in [-0.39, 0.29) is 11.8 Å². The second-order valence-electron chi connectivity index (χ2n) is 4.80. The van der Waals surface area contributed by atoms with Crippen LogP contribution in [-0.4, -0.2) is 36.2 Å². The Bertz CT molecular complexity index is 385. The molecule has 1 heterocycles. The molecule has 0 amide bonds. The molecule has 1 fully saturated rings. The van der Waals surface area contributed by atoms with Crippen molar-refractivity contribution in [2.75, 3.05) is 20.2 Å². The van der Waals surface area contributed by atoms with Crippen LogP contribution in [0.5, 0.6) is 11.5 Å². The number of ether oxygens (including phenoxy) is 1. The first-order valence-electron chi connectivity index (χ1n) is 5.94. The number of benzene rings is 1. The molecule has 3 N–H and O–H groups in total. The minimum absolute atomic E-state index is 0.196. The fourth-order valence-corrected chi connectivity index (χ4v) is 2.40. The average molecular weight is 236 g/mol. The SMILES string of the molecule is COc1c(O)cccc1CN1CC(C)C(N)C1. The molecule has 0 aliphatic carbocycles. The summed E-state index contributed by atoms with van der Waals surface area (Å²) in [4.78, 5) is 2.30. The highest BCUT2D eigenvalue weighted by Gasteiger charge is 2.27. The van der Waals surface area contributed by atoms with E-state index in [9.17, 15) is 5.11 Å². The van der Waals surface area contributed by atoms with Crippen molar-refractivity contribution in [3.8, 4) is 11.5 Å². The van der Waals surface area contributed by atoms with Gasteiger partial charge in [-0.05, 0) is 12.0 Å². The van der Waals surface area contributed by atoms with E-state index in [1.54, 1.807) is 13.2 Å². The lowest BCUT2D eigenvalue weighted by Crippen LogP contribution is -2.28. The zero-order chi connectivity index (χ0) is 12.4. The van der Waals surface area contributed by atoms with Crippen molar-refractivity contribution < 1.29 is 9.84 Å². The molecule has 1 aromatic carbocycles. The minimum Gasteiger partial charge on any atom is -0.504 e. The molecule has 1 aliphatic heterocycles. The Kier molecular flexibility index (Phi) is 3.54. The van der Waals surface area contributed by atoms with Crippen LogP contribution in [0.2, 0.25) is 0 Å². The number of nitrogens with two attached hydrogens (primary N) is 1. The van der Waals surface area contributed by atoms with Crippen LogP contribution in [0.4, 0.5) is 0 Å². The molecular formula is C13H20N2O2. The summed E-state index contributed by atoms with van der Waals surface area (Å²) in [6, 6.07) is 5.71. The van der Waals surface area contributed by atoms with Gasteiger partial charge in [-0.25, -0.2) is 0 Å². The molecule has 4 heteroatoms. The second kappa shape index (κ2) is 4.94. The maximum atomic E-state index is 9.70. The van der Waals surface area contributed by atoms with Crippen LogP contribution in [0.15, 0.2) is 18.2 Å². The maximum absolute atomic E-state index is 9.70. The van der Waals surface area contributed by atoms with Crippen molar-refractivity contribution in [3.63, 3.8) is 0 Å². The van der Waals surface area contributed by atoms with Gasteiger partial charge in [0, 0.05) is 31.2 Å². The predicted molar refractivity (Wildman–Crippen MR) is 67.1 cm³/mol. The van der Waals surface area contributed by atoms with Crippen molar-refractivity contribution in [1.82, 2.24) is 4.90 Å². The van der Waals surface area contributed by atoms with Gasteiger partial charge in [0.25, 0.3) is 0 Å². The monoisotopic (exact) mass is 236 g/mol. The van der Waals surface area contributed by atoms with E-state index in [0.717, 1.165) is 25.2 Å². The Morgan fingerprint density at radius 1 is 1.47 bits per heavy atom. The topological polar surface area (TPSA) is 58.7 Å². The van der Waals surface area contributed by atoms with Gasteiger partial charge in [-0.2, -0.15) is 0 Å². The molecule has 0 aromatic heterocycles. The summed E-state index contributed by atoms with van der Waals surface area (Å²) in [6.07, 6.45) is 0. The van der Waals surface area contributed by atoms with Crippen LogP contribution in [0.25, 0.3) is 0 Å². The van der Waals surface area contributed by atoms with Gasteiger partial charge in [0.15, 0.2) is 11.5 Å². The number of nitrogens with zero attached hydrogens (tertiary/aromatic N) is 1. The van der Waals surface area contributed by atoms with Gasteiger partial charge in [0.05, 0.1) is 7.11 Å². The standard InChI is InChI=1S/C13H20N2O2/c1-9-6-15(8-11(9)14)7-10-4-3-5-12(16)13(10)17-2/h3-5,9,11,16H,6-8,14H2,1-2H3. The van der Waals surface area contributed by atoms with Crippen molar-refractivity contribution >= 4 is 0 Å². The molecular weight excluding hydrogens is 216 g/mol. The van der Waals surface area contributed by atoms with E-state index in [1.165, 1.54) is 0 Å². The quantitative estimate of drug-likeness (QED) is 0.827. The first-order chi connectivity index (χ1) is 8.11. The summed E-state index contributed by atoms with van der Waals surface area (Å²) in [6.45, 7) is 4.85. The molecule has 0 bridgehead atoms. The average Bonchev–Trinajstić information content (AvgIpc) is 2.58. The number of likely N-dealkylation sites (tertiary alicyclic amines) is 1. The van der Waals surface area contributed by atoms with Gasteiger partial charge in [0.1, 0.15) is 0 Å². The Morgan fingerprint density at radius 2 is 2.24 bits per heavy atom. The molecule has 2 atom stereocenters. The number of aromatic hydroxyl groups is 1. The van der Waals surface area contributed by atoms with Crippen LogP contribution in [0.3, 0.4) is 0 Å². The van der Waals surface area contributed by atoms with Crippen LogP contribution < -0.4 is 10.5 Å². The summed E-state index contributed by atoms with van der Waals surface area (Å²) in [7, 11) is 1.58. The van der Waals surface area contributed by atoms with E-state index in [0.29, 0.717) is 11.7 Å². The molecule has 2 unspecified atom stereocenters. The highest BCUT2D eigenvalue weighted by atomic mass is 16.5. The number of methoxy groups -OCH3 is 1. The normalized spacial score (nSPS) is 25.1. The highest BCUT2D eigenvalue weighted by Crippen LogP contribution is 2.31. The van der Waals surface area contributed by atoms with E-state index >= 15 is 0 Å². The van der Waals surface area contributed by atoms with Gasteiger partial charge in [-0.15, -0.1) is 0 Å². The predicted octanol–water partition coefficient (Wildman–Crippen LogP) is 1.18. The molecule has 0 radical (unpaired) electrons. The number of phenols is 1. The summed E-state index contributed by atoms with van der Waals surface area (Å²) in [5.41, 5.74) is 7.01. The molecule has 4 nitrogen and oxygen atoms in total. The molecule has 1 saturated heterocycles. The van der Waals surface area contributed by atoms with E-state index in [4.69, 9.17) is 10.5 Å². The van der Waals surface area contributed by atoms with Crippen LogP contribution in [0.1, 0.15) is 12.5 Å². The van der Waals surface area contributed by atoms with E-state index in [1.807, 2.05) is 12.1 Å². The Morgan fingerprint density at radius 3 is 2.82 bits per heavy atom. The van der Waals surface area contributed by atoms with Gasteiger partial charge >= 0.3 is 0 Å². The second-order valence-corrected chi connectivity index (χ2v) is 4.80. The summed E-state index contributed by atoms with van der Waals surface area (Å²) < 4.78 is 5.23. The third-order valence-corrected chi connectivity index (χ3v) is 3.42. The zero-order valence-corrected chi connectivity index (χ0v) is 10.4. The zero-order valence-electron chi connectivity index (χ0n) is 10.4. The van der Waals surface area contributed by atoms with Crippen LogP contribution >= 0.6 is 0 Å². The fourth-order valence-electron chi connectivity index (χ4n) is 2.40. The fraction of sp³-hybridized carbons (Fsp3) is 0.538. The van der Waals surface area contributed by atoms with Crippen molar-refractivity contribution in [2.24, 2.45) is 11.7 Å². The van der Waals surface area contributed by atoms with Crippen molar-refractivity contribution in [2.45, 2.75) is 19.5 Å². The summed E-state index contributed by atoms with van der Waals surface area (Å²) >= 11 is 0. The van der Waals surface area contributed by atoms with E-state index in [2.05, 4.69) is 11.8 Å². The number of hydrogen-bond donors (Lipinski definition) is 2. The lowest BCUT2D eigenvalue weighted by atomic mass is 10.1. The number of para-hydroxylation sites is 1. The maximum Gasteiger partial charge on any atom is 0.164 e. The lowest BCUT2D eigenvalue weighted by Gasteiger charge is -2.17. The van der Waals surface area contributed by atoms with Gasteiger partial charge < -0.3 is 15.6 Å². The van der Waals surface area contributed by atoms with Crippen molar-refractivity contribution in [1.29, 1.82) is 0 Å². The van der Waals surface area contributed by atoms with Crippen LogP contribution in [-0.2, 0) is 6.54 Å². The number of hydrogen-bond acceptors (Lipinski definition) is 4. The highest BCUT2D eigenvalue weighted by molar-refractivity contribution is 5.45. The van der Waals surface area contributed by atoms with E-state index < -0.39 is 0 Å². The number of phenolic OH excluding ortho intramolecular Hbond substituents is 1. The first-order valence-corrected chi connectivity index (χ1v) is 5.94. The van der Waals surface area contributed by atoms with Crippen LogP contribution in [0, 0.1) is 5.92 Å². The molecule has 2 rings (SSSR count). The third-order valence-electron chi connectivity index (χ3n) is 3.42. The Labute approximate surface area is 102 Å². The molecule has 0 saturated carbocycles. The molecule has 1 aliphatic rings. The Balaban J connectivity index is 2.11. The minimum atomic E-state index is 0.196. The molecule has 94 valence electrons. The smallest absolute Gasteiger partial charge is 0.164 e. The molecule has 0 spiro atoms. The van der Waals surface area contributed by atoms with Gasteiger partial charge in [-0.3, -0.25) is 4.90 Å². The Hall–Kier alpha value is -1.26. The third kappa shape index (κ3) is 2.53. The van der Waals surface area contributed by atoms with Crippen molar-refractivity contribution in [3.05, 3.63) is 23.8 Å². The first kappa shape index (κ1) is 12.2.